The molecule has 0 spiro atoms. The summed E-state index contributed by atoms with van der Waals surface area (Å²) in [5, 5.41) is 1.27. The molecule has 70 valence electrons. The maximum Gasteiger partial charge on any atom is 0.0521 e. The zero-order valence-corrected chi connectivity index (χ0v) is 9.00. The Bertz CT molecular complexity index is 129. The van der Waals surface area contributed by atoms with Crippen LogP contribution < -0.4 is 0 Å². The van der Waals surface area contributed by atoms with E-state index < -0.39 is 0 Å². The molecule has 0 saturated carbocycles. The van der Waals surface area contributed by atoms with Gasteiger partial charge in [0.15, 0.2) is 0 Å². The normalized spacial score (nSPS) is 38.0. The lowest BCUT2D eigenvalue weighted by Gasteiger charge is -2.28. The van der Waals surface area contributed by atoms with Crippen LogP contribution in [0.25, 0.3) is 0 Å². The fourth-order valence-electron chi connectivity index (χ4n) is 1.70. The molecule has 2 aliphatic heterocycles. The van der Waals surface area contributed by atoms with E-state index in [2.05, 4.69) is 33.3 Å². The van der Waals surface area contributed by atoms with E-state index in [0.29, 0.717) is 0 Å². The zero-order valence-electron chi connectivity index (χ0n) is 7.37. The van der Waals surface area contributed by atoms with E-state index in [1.165, 1.54) is 49.4 Å². The van der Waals surface area contributed by atoms with E-state index in [1.807, 2.05) is 0 Å². The van der Waals surface area contributed by atoms with Crippen molar-refractivity contribution in [3.8, 4) is 0 Å². The highest BCUT2D eigenvalue weighted by Gasteiger charge is 2.17. The minimum atomic E-state index is 1.21. The van der Waals surface area contributed by atoms with Gasteiger partial charge in [-0.25, -0.2) is 0 Å². The van der Waals surface area contributed by atoms with E-state index in [-0.39, 0.29) is 0 Å². The molecular weight excluding hydrogens is 188 g/mol. The first-order valence-corrected chi connectivity index (χ1v) is 6.86. The molecule has 2 aliphatic rings. The van der Waals surface area contributed by atoms with Gasteiger partial charge in [-0.2, -0.15) is 0 Å². The van der Waals surface area contributed by atoms with Gasteiger partial charge in [-0.1, -0.05) is 0 Å². The van der Waals surface area contributed by atoms with Crippen molar-refractivity contribution in [2.45, 2.75) is 12.8 Å². The number of nitrogens with zero attached hydrogens (tertiary/aromatic N) is 2. The van der Waals surface area contributed by atoms with Gasteiger partial charge in [0.25, 0.3) is 0 Å². The molecule has 2 rings (SSSR count). The quantitative estimate of drug-likeness (QED) is 0.592. The zero-order chi connectivity index (χ0) is 8.23. The first kappa shape index (κ1) is 9.19. The van der Waals surface area contributed by atoms with Crippen LogP contribution in [0, 0.1) is 0 Å². The van der Waals surface area contributed by atoms with E-state index in [1.54, 1.807) is 0 Å². The summed E-state index contributed by atoms with van der Waals surface area (Å²) in [6, 6.07) is 0. The Balaban J connectivity index is 1.92. The highest BCUT2D eigenvalue weighted by Crippen LogP contribution is 2.21. The molecule has 0 amide bonds. The van der Waals surface area contributed by atoms with Crippen LogP contribution in [0.3, 0.4) is 0 Å². The van der Waals surface area contributed by atoms with Gasteiger partial charge in [0.1, 0.15) is 0 Å². The summed E-state index contributed by atoms with van der Waals surface area (Å²) in [5.74, 6) is 2.48. The monoisotopic (exact) mass is 204 g/mol. The lowest BCUT2D eigenvalue weighted by molar-refractivity contribution is 0.198. The Hall–Kier alpha value is 0.620. The lowest BCUT2D eigenvalue weighted by atomic mass is 10.3. The minimum absolute atomic E-state index is 1.21. The molecule has 2 heterocycles. The predicted molar refractivity (Wildman–Crippen MR) is 57.3 cm³/mol. The number of rotatable bonds is 0. The van der Waals surface area contributed by atoms with Crippen molar-refractivity contribution in [1.82, 2.24) is 9.80 Å². The highest BCUT2D eigenvalue weighted by molar-refractivity contribution is 8.15. The third-order valence-corrected chi connectivity index (χ3v) is 4.74. The fourth-order valence-corrected chi connectivity index (χ4v) is 3.70. The Morgan fingerprint density at radius 2 is 1.42 bits per heavy atom. The summed E-state index contributed by atoms with van der Waals surface area (Å²) in [6.45, 7) is 3.84. The fraction of sp³-hybridized carbons (Fsp3) is 1.00. The van der Waals surface area contributed by atoms with Gasteiger partial charge in [-0.3, -0.25) is 9.80 Å². The highest BCUT2D eigenvalue weighted by atomic mass is 32.2. The number of hydrogen-bond donors (Lipinski definition) is 0. The van der Waals surface area contributed by atoms with Gasteiger partial charge in [-0.15, -0.1) is 23.5 Å². The molecular formula is C8H16N2S2. The van der Waals surface area contributed by atoms with E-state index in [0.717, 1.165) is 0 Å². The second-order valence-corrected chi connectivity index (χ2v) is 5.70. The Morgan fingerprint density at radius 1 is 0.833 bits per heavy atom. The van der Waals surface area contributed by atoms with Gasteiger partial charge in [0, 0.05) is 29.9 Å². The van der Waals surface area contributed by atoms with Crippen LogP contribution in [0.4, 0.5) is 0 Å². The number of fused-ring (bicyclic) bond motifs is 2. The van der Waals surface area contributed by atoms with Crippen molar-refractivity contribution in [3.63, 3.8) is 0 Å². The lowest BCUT2D eigenvalue weighted by Crippen LogP contribution is -2.37. The number of hydrogen-bond acceptors (Lipinski definition) is 4. The standard InChI is InChI=1S/C8H16N2S2/c1-2-4-10-5-9(3-1)6-11-8-12-7-10/h1-8H2. The van der Waals surface area contributed by atoms with Crippen LogP contribution in [0.15, 0.2) is 0 Å². The summed E-state index contributed by atoms with van der Waals surface area (Å²) >= 11 is 4.14. The molecule has 2 fully saturated rings. The molecule has 0 N–H and O–H groups in total. The van der Waals surface area contributed by atoms with Crippen LogP contribution in [0.5, 0.6) is 0 Å². The molecule has 12 heavy (non-hydrogen) atoms. The van der Waals surface area contributed by atoms with Crippen molar-refractivity contribution < 1.29 is 0 Å². The van der Waals surface area contributed by atoms with E-state index in [9.17, 15) is 0 Å². The Kier molecular flexibility index (Phi) is 3.63. The molecule has 2 atom stereocenters. The molecule has 2 nitrogen and oxygen atoms in total. The van der Waals surface area contributed by atoms with Crippen molar-refractivity contribution in [1.29, 1.82) is 0 Å². The van der Waals surface area contributed by atoms with Gasteiger partial charge in [0.2, 0.25) is 0 Å². The topological polar surface area (TPSA) is 6.48 Å². The van der Waals surface area contributed by atoms with Crippen LogP contribution in [0.1, 0.15) is 12.8 Å². The molecule has 0 radical (unpaired) electrons. The van der Waals surface area contributed by atoms with Gasteiger partial charge in [-0.05, 0) is 12.8 Å². The predicted octanol–water partition coefficient (Wildman–Crippen LogP) is 1.69. The first-order valence-electron chi connectivity index (χ1n) is 4.55. The van der Waals surface area contributed by atoms with Crippen LogP contribution >= 0.6 is 23.5 Å². The van der Waals surface area contributed by atoms with Crippen molar-refractivity contribution in [2.24, 2.45) is 0 Å². The summed E-state index contributed by atoms with van der Waals surface area (Å²) in [5.41, 5.74) is 0. The minimum Gasteiger partial charge on any atom is -0.281 e. The average molecular weight is 204 g/mol. The first-order chi connectivity index (χ1) is 5.95. The smallest absolute Gasteiger partial charge is 0.0521 e. The second kappa shape index (κ2) is 4.74. The third-order valence-electron chi connectivity index (χ3n) is 2.31. The summed E-state index contributed by atoms with van der Waals surface area (Å²) in [4.78, 5) is 5.16. The Morgan fingerprint density at radius 3 is 2.00 bits per heavy atom. The summed E-state index contributed by atoms with van der Waals surface area (Å²) in [7, 11) is 0. The summed E-state index contributed by atoms with van der Waals surface area (Å²) in [6.07, 6.45) is 2.78. The maximum atomic E-state index is 2.58. The number of thioether (sulfide) groups is 2. The van der Waals surface area contributed by atoms with E-state index in [4.69, 9.17) is 0 Å². The molecule has 0 aromatic heterocycles. The molecule has 2 bridgehead atoms. The molecule has 0 aromatic carbocycles. The van der Waals surface area contributed by atoms with Gasteiger partial charge >= 0.3 is 0 Å². The van der Waals surface area contributed by atoms with Crippen molar-refractivity contribution in [2.75, 3.05) is 36.6 Å². The second-order valence-electron chi connectivity index (χ2n) is 3.42. The van der Waals surface area contributed by atoms with Crippen LogP contribution in [-0.4, -0.2) is 46.4 Å². The van der Waals surface area contributed by atoms with Gasteiger partial charge < -0.3 is 0 Å². The Labute approximate surface area is 83.0 Å². The van der Waals surface area contributed by atoms with Crippen LogP contribution in [-0.2, 0) is 0 Å². The largest absolute Gasteiger partial charge is 0.281 e. The van der Waals surface area contributed by atoms with E-state index >= 15 is 0 Å². The molecule has 4 heteroatoms. The van der Waals surface area contributed by atoms with Gasteiger partial charge in [0.05, 0.1) is 6.67 Å². The van der Waals surface area contributed by atoms with Crippen molar-refractivity contribution >= 4 is 23.5 Å². The molecule has 2 saturated heterocycles. The maximum absolute atomic E-state index is 2.58. The third kappa shape index (κ3) is 2.55. The van der Waals surface area contributed by atoms with Crippen molar-refractivity contribution in [3.05, 3.63) is 0 Å². The SMILES string of the molecule is C1CCN2CSCSCN(C1)C2. The van der Waals surface area contributed by atoms with Crippen LogP contribution in [0.2, 0.25) is 0 Å². The molecule has 0 aromatic rings. The molecule has 2 unspecified atom stereocenters. The summed E-state index contributed by atoms with van der Waals surface area (Å²) < 4.78 is 0. The average Bonchev–Trinajstić information content (AvgIpc) is 2.25. The molecule has 0 aliphatic carbocycles.